The highest BCUT2D eigenvalue weighted by Gasteiger charge is 2.50. The quantitative estimate of drug-likeness (QED) is 0.768. The smallest absolute Gasteiger partial charge is 0.287 e. The molecule has 2 aliphatic heterocycles. The number of likely N-dealkylation sites (tertiary alicyclic amines) is 1. The van der Waals surface area contributed by atoms with Crippen molar-refractivity contribution >= 4 is 11.8 Å². The Morgan fingerprint density at radius 2 is 2.26 bits per heavy atom. The summed E-state index contributed by atoms with van der Waals surface area (Å²) in [5, 5.41) is 6.98. The lowest BCUT2D eigenvalue weighted by Gasteiger charge is -2.46. The number of furan rings is 1. The van der Waals surface area contributed by atoms with Crippen LogP contribution in [0.1, 0.15) is 22.7 Å². The third-order valence-electron chi connectivity index (χ3n) is 5.08. The fraction of sp³-hybridized carbons (Fsp3) is 0.421. The maximum Gasteiger partial charge on any atom is 0.287 e. The van der Waals surface area contributed by atoms with E-state index >= 15 is 0 Å². The Kier molecular flexibility index (Phi) is 4.57. The first-order chi connectivity index (χ1) is 13.1. The zero-order valence-electron chi connectivity index (χ0n) is 15.0. The number of rotatable bonds is 6. The SMILES string of the molecule is C=CC(=O)N1CC2(COC(CNC(=O)c3ccc(Cn4cccn4)o3)C2)C1. The minimum Gasteiger partial charge on any atom is -0.454 e. The van der Waals surface area contributed by atoms with Gasteiger partial charge in [0.05, 0.1) is 19.3 Å². The molecule has 1 N–H and O–H groups in total. The van der Waals surface area contributed by atoms with Crippen molar-refractivity contribution in [1.82, 2.24) is 20.0 Å². The summed E-state index contributed by atoms with van der Waals surface area (Å²) in [7, 11) is 0. The molecule has 2 aromatic rings. The van der Waals surface area contributed by atoms with E-state index in [2.05, 4.69) is 17.0 Å². The molecule has 2 saturated heterocycles. The van der Waals surface area contributed by atoms with Gasteiger partial charge in [-0.15, -0.1) is 0 Å². The normalized spacial score (nSPS) is 20.4. The van der Waals surface area contributed by atoms with Crippen molar-refractivity contribution in [2.24, 2.45) is 5.41 Å². The van der Waals surface area contributed by atoms with Crippen LogP contribution in [0.4, 0.5) is 0 Å². The minimum atomic E-state index is -0.261. The molecule has 8 nitrogen and oxygen atoms in total. The van der Waals surface area contributed by atoms with Crippen LogP contribution < -0.4 is 5.32 Å². The lowest BCUT2D eigenvalue weighted by molar-refractivity contribution is -0.137. The molecule has 1 unspecified atom stereocenters. The highest BCUT2D eigenvalue weighted by Crippen LogP contribution is 2.41. The van der Waals surface area contributed by atoms with E-state index in [0.29, 0.717) is 38.5 Å². The first-order valence-corrected chi connectivity index (χ1v) is 8.94. The minimum absolute atomic E-state index is 0.0235. The number of amides is 2. The Balaban J connectivity index is 1.24. The van der Waals surface area contributed by atoms with Crippen molar-refractivity contribution in [3.05, 3.63) is 54.8 Å². The van der Waals surface area contributed by atoms with Crippen LogP contribution in [0.25, 0.3) is 0 Å². The Morgan fingerprint density at radius 3 is 3.00 bits per heavy atom. The Labute approximate surface area is 156 Å². The number of ether oxygens (including phenoxy) is 1. The van der Waals surface area contributed by atoms with Crippen molar-refractivity contribution < 1.29 is 18.7 Å². The highest BCUT2D eigenvalue weighted by molar-refractivity contribution is 5.91. The van der Waals surface area contributed by atoms with Crippen LogP contribution in [0.3, 0.4) is 0 Å². The summed E-state index contributed by atoms with van der Waals surface area (Å²) in [6, 6.07) is 5.27. The molecule has 2 aliphatic rings. The summed E-state index contributed by atoms with van der Waals surface area (Å²) >= 11 is 0. The Hall–Kier alpha value is -2.87. The first kappa shape index (κ1) is 17.5. The average molecular weight is 370 g/mol. The maximum absolute atomic E-state index is 12.3. The van der Waals surface area contributed by atoms with E-state index in [4.69, 9.17) is 9.15 Å². The summed E-state index contributed by atoms with van der Waals surface area (Å²) in [4.78, 5) is 25.6. The number of aromatic nitrogens is 2. The van der Waals surface area contributed by atoms with Gasteiger partial charge in [0.1, 0.15) is 5.76 Å². The monoisotopic (exact) mass is 370 g/mol. The van der Waals surface area contributed by atoms with E-state index in [1.165, 1.54) is 6.08 Å². The van der Waals surface area contributed by atoms with Crippen LogP contribution in [-0.2, 0) is 16.1 Å². The lowest BCUT2D eigenvalue weighted by atomic mass is 9.78. The molecule has 2 amide bonds. The van der Waals surface area contributed by atoms with E-state index < -0.39 is 0 Å². The van der Waals surface area contributed by atoms with Gasteiger partial charge in [-0.2, -0.15) is 5.10 Å². The lowest BCUT2D eigenvalue weighted by Crippen LogP contribution is -2.58. The van der Waals surface area contributed by atoms with E-state index in [9.17, 15) is 9.59 Å². The predicted molar refractivity (Wildman–Crippen MR) is 95.9 cm³/mol. The molecule has 8 heteroatoms. The maximum atomic E-state index is 12.3. The van der Waals surface area contributed by atoms with E-state index in [0.717, 1.165) is 6.42 Å². The molecular weight excluding hydrogens is 348 g/mol. The topological polar surface area (TPSA) is 89.6 Å². The van der Waals surface area contributed by atoms with Gasteiger partial charge in [0.15, 0.2) is 5.76 Å². The van der Waals surface area contributed by atoms with Gasteiger partial charge < -0.3 is 19.4 Å². The molecule has 1 spiro atoms. The number of hydrogen-bond acceptors (Lipinski definition) is 5. The standard InChI is InChI=1S/C19H22N4O4/c1-2-17(24)22-11-19(12-22)8-15(26-13-19)9-20-18(25)16-5-4-14(27-16)10-23-7-3-6-21-23/h2-7,15H,1,8-13H2,(H,20,25). The molecule has 1 atom stereocenters. The second kappa shape index (κ2) is 7.03. The zero-order valence-corrected chi connectivity index (χ0v) is 15.0. The number of hydrogen-bond donors (Lipinski definition) is 1. The van der Waals surface area contributed by atoms with Crippen molar-refractivity contribution in [3.8, 4) is 0 Å². The highest BCUT2D eigenvalue weighted by atomic mass is 16.5. The molecular formula is C19H22N4O4. The van der Waals surface area contributed by atoms with Gasteiger partial charge >= 0.3 is 0 Å². The van der Waals surface area contributed by atoms with Crippen molar-refractivity contribution in [3.63, 3.8) is 0 Å². The summed E-state index contributed by atoms with van der Waals surface area (Å²) in [5.41, 5.74) is 0.0235. The van der Waals surface area contributed by atoms with Crippen LogP contribution in [0.5, 0.6) is 0 Å². The van der Waals surface area contributed by atoms with Crippen molar-refractivity contribution in [2.75, 3.05) is 26.2 Å². The first-order valence-electron chi connectivity index (χ1n) is 8.94. The van der Waals surface area contributed by atoms with Crippen molar-refractivity contribution in [1.29, 1.82) is 0 Å². The van der Waals surface area contributed by atoms with E-state index in [1.54, 1.807) is 27.9 Å². The van der Waals surface area contributed by atoms with Gasteiger partial charge in [0, 0.05) is 37.4 Å². The molecule has 4 rings (SSSR count). The second-order valence-electron chi connectivity index (χ2n) is 7.22. The fourth-order valence-electron chi connectivity index (χ4n) is 3.73. The van der Waals surface area contributed by atoms with Crippen LogP contribution in [-0.4, -0.2) is 58.8 Å². The average Bonchev–Trinajstić information content (AvgIpc) is 3.38. The molecule has 27 heavy (non-hydrogen) atoms. The number of nitrogens with zero attached hydrogens (tertiary/aromatic N) is 3. The second-order valence-corrected chi connectivity index (χ2v) is 7.22. The molecule has 0 bridgehead atoms. The third kappa shape index (κ3) is 3.66. The molecule has 142 valence electrons. The molecule has 0 aromatic carbocycles. The van der Waals surface area contributed by atoms with Crippen molar-refractivity contribution in [2.45, 2.75) is 19.1 Å². The van der Waals surface area contributed by atoms with Gasteiger partial charge in [-0.1, -0.05) is 6.58 Å². The molecule has 0 radical (unpaired) electrons. The zero-order chi connectivity index (χ0) is 18.9. The van der Waals surface area contributed by atoms with E-state index in [1.807, 2.05) is 12.3 Å². The molecule has 0 aliphatic carbocycles. The summed E-state index contributed by atoms with van der Waals surface area (Å²) in [5.74, 6) is 0.641. The third-order valence-corrected chi connectivity index (χ3v) is 5.08. The van der Waals surface area contributed by atoms with Crippen LogP contribution in [0, 0.1) is 5.41 Å². The van der Waals surface area contributed by atoms with Gasteiger partial charge in [-0.05, 0) is 30.7 Å². The van der Waals surface area contributed by atoms with Crippen LogP contribution in [0.2, 0.25) is 0 Å². The van der Waals surface area contributed by atoms with E-state index in [-0.39, 0.29) is 29.1 Å². The van der Waals surface area contributed by atoms with Gasteiger partial charge in [-0.25, -0.2) is 0 Å². The molecule has 4 heterocycles. The summed E-state index contributed by atoms with van der Waals surface area (Å²) < 4.78 is 13.1. The number of nitrogens with one attached hydrogen (secondary N) is 1. The number of carbonyl (C=O) groups is 2. The van der Waals surface area contributed by atoms with Crippen LogP contribution >= 0.6 is 0 Å². The number of carbonyl (C=O) groups excluding carboxylic acids is 2. The van der Waals surface area contributed by atoms with Gasteiger partial charge in [0.2, 0.25) is 5.91 Å². The Bertz CT molecular complexity index is 836. The summed E-state index contributed by atoms with van der Waals surface area (Å²) in [6.45, 7) is 6.41. The fourth-order valence-corrected chi connectivity index (χ4v) is 3.73. The Morgan fingerprint density at radius 1 is 1.41 bits per heavy atom. The van der Waals surface area contributed by atoms with Gasteiger partial charge in [0.25, 0.3) is 5.91 Å². The molecule has 2 fully saturated rings. The largest absolute Gasteiger partial charge is 0.454 e. The molecule has 0 saturated carbocycles. The predicted octanol–water partition coefficient (Wildman–Crippen LogP) is 1.06. The summed E-state index contributed by atoms with van der Waals surface area (Å²) in [6.07, 6.45) is 5.65. The van der Waals surface area contributed by atoms with Gasteiger partial charge in [-0.3, -0.25) is 14.3 Å². The van der Waals surface area contributed by atoms with Crippen LogP contribution in [0.15, 0.2) is 47.7 Å². The molecule has 2 aromatic heterocycles.